The number of hydrogen-bond donors (Lipinski definition) is 0. The molecule has 4 heteroatoms. The van der Waals surface area contributed by atoms with Crippen molar-refractivity contribution < 1.29 is 4.79 Å². The van der Waals surface area contributed by atoms with Gasteiger partial charge in [0.05, 0.1) is 15.8 Å². The van der Waals surface area contributed by atoms with Gasteiger partial charge in [-0.3, -0.25) is 9.36 Å². The van der Waals surface area contributed by atoms with Crippen LogP contribution in [0.4, 0.5) is 0 Å². The van der Waals surface area contributed by atoms with Gasteiger partial charge in [0.1, 0.15) is 0 Å². The van der Waals surface area contributed by atoms with E-state index in [1.165, 1.54) is 0 Å². The van der Waals surface area contributed by atoms with E-state index < -0.39 is 4.75 Å². The standard InChI is InChI=1S/C28H22N2OS/c1-21(31)30-26-20-12-11-19-25(26)29-27(30)32-28(22-13-5-2-6-14-22,23-15-7-3-8-16-23)24-17-9-4-10-18-24/h2-20H,1H3. The summed E-state index contributed by atoms with van der Waals surface area (Å²) in [6, 6.07) is 39.1. The molecule has 5 rings (SSSR count). The molecule has 0 N–H and O–H groups in total. The van der Waals surface area contributed by atoms with Crippen molar-refractivity contribution in [2.45, 2.75) is 16.8 Å². The van der Waals surface area contributed by atoms with E-state index in [1.54, 1.807) is 23.3 Å². The summed E-state index contributed by atoms with van der Waals surface area (Å²) in [7, 11) is 0. The van der Waals surface area contributed by atoms with E-state index in [2.05, 4.69) is 72.8 Å². The molecule has 5 aromatic rings. The third kappa shape index (κ3) is 3.43. The zero-order valence-electron chi connectivity index (χ0n) is 17.7. The summed E-state index contributed by atoms with van der Waals surface area (Å²) in [5, 5.41) is 0.676. The highest BCUT2D eigenvalue weighted by Gasteiger charge is 2.39. The molecule has 32 heavy (non-hydrogen) atoms. The van der Waals surface area contributed by atoms with Crippen LogP contribution in [0.2, 0.25) is 0 Å². The number of para-hydroxylation sites is 2. The number of thioether (sulfide) groups is 1. The van der Waals surface area contributed by atoms with Gasteiger partial charge in [-0.1, -0.05) is 115 Å². The van der Waals surface area contributed by atoms with Crippen LogP contribution in [0.3, 0.4) is 0 Å². The minimum absolute atomic E-state index is 0.0516. The molecule has 0 saturated heterocycles. The third-order valence-electron chi connectivity index (χ3n) is 5.63. The summed E-state index contributed by atoms with van der Waals surface area (Å²) in [4.78, 5) is 17.6. The fourth-order valence-electron chi connectivity index (χ4n) is 4.21. The Balaban J connectivity index is 1.83. The first-order valence-corrected chi connectivity index (χ1v) is 11.4. The van der Waals surface area contributed by atoms with Crippen LogP contribution in [0.5, 0.6) is 0 Å². The average Bonchev–Trinajstić information content (AvgIpc) is 3.22. The van der Waals surface area contributed by atoms with Crippen molar-refractivity contribution in [1.82, 2.24) is 9.55 Å². The van der Waals surface area contributed by atoms with Crippen molar-refractivity contribution in [3.63, 3.8) is 0 Å². The Morgan fingerprint density at radius 1 is 0.688 bits per heavy atom. The van der Waals surface area contributed by atoms with Crippen LogP contribution in [0, 0.1) is 0 Å². The second kappa shape index (κ2) is 8.48. The zero-order valence-corrected chi connectivity index (χ0v) is 18.5. The van der Waals surface area contributed by atoms with Crippen LogP contribution in [-0.2, 0) is 4.75 Å². The lowest BCUT2D eigenvalue weighted by Gasteiger charge is -2.35. The zero-order chi connectivity index (χ0) is 22.0. The maximum absolute atomic E-state index is 12.7. The maximum atomic E-state index is 12.7. The average molecular weight is 435 g/mol. The monoisotopic (exact) mass is 434 g/mol. The first-order chi connectivity index (χ1) is 15.7. The summed E-state index contributed by atoms with van der Waals surface area (Å²) in [6.45, 7) is 1.59. The van der Waals surface area contributed by atoms with Crippen LogP contribution in [-0.4, -0.2) is 15.5 Å². The van der Waals surface area contributed by atoms with Crippen molar-refractivity contribution in [2.24, 2.45) is 0 Å². The number of benzene rings is 4. The third-order valence-corrected chi connectivity index (χ3v) is 7.10. The molecule has 0 spiro atoms. The van der Waals surface area contributed by atoms with Crippen LogP contribution >= 0.6 is 11.8 Å². The molecule has 3 nitrogen and oxygen atoms in total. The lowest BCUT2D eigenvalue weighted by atomic mass is 9.84. The number of hydrogen-bond acceptors (Lipinski definition) is 3. The Bertz CT molecular complexity index is 1270. The Hall–Kier alpha value is -3.63. The van der Waals surface area contributed by atoms with Gasteiger partial charge in [-0.15, -0.1) is 0 Å². The number of imidazole rings is 1. The van der Waals surface area contributed by atoms with E-state index in [0.29, 0.717) is 5.16 Å². The van der Waals surface area contributed by atoms with Crippen LogP contribution in [0.1, 0.15) is 28.4 Å². The van der Waals surface area contributed by atoms with E-state index >= 15 is 0 Å². The maximum Gasteiger partial charge on any atom is 0.230 e. The fourth-order valence-corrected chi connectivity index (χ4v) is 5.71. The fraction of sp³-hybridized carbons (Fsp3) is 0.0714. The molecule has 0 unspecified atom stereocenters. The lowest BCUT2D eigenvalue weighted by Crippen LogP contribution is -2.26. The lowest BCUT2D eigenvalue weighted by molar-refractivity contribution is 0.0931. The molecular formula is C28H22N2OS. The molecule has 1 aromatic heterocycles. The first-order valence-electron chi connectivity index (χ1n) is 10.5. The Morgan fingerprint density at radius 3 is 1.59 bits per heavy atom. The molecule has 4 aromatic carbocycles. The molecule has 0 radical (unpaired) electrons. The molecule has 1 heterocycles. The number of nitrogens with zero attached hydrogens (tertiary/aromatic N) is 2. The molecule has 0 aliphatic heterocycles. The van der Waals surface area contributed by atoms with Crippen molar-refractivity contribution in [2.75, 3.05) is 0 Å². The summed E-state index contributed by atoms with van der Waals surface area (Å²) >= 11 is 1.61. The molecule has 0 saturated carbocycles. The molecule has 0 aliphatic rings. The quantitative estimate of drug-likeness (QED) is 0.226. The second-order valence-electron chi connectivity index (χ2n) is 7.62. The highest BCUT2D eigenvalue weighted by Crippen LogP contribution is 2.51. The number of aromatic nitrogens is 2. The van der Waals surface area contributed by atoms with E-state index in [4.69, 9.17) is 4.98 Å². The number of carbonyl (C=O) groups is 1. The predicted molar refractivity (Wildman–Crippen MR) is 131 cm³/mol. The normalized spacial score (nSPS) is 11.5. The van der Waals surface area contributed by atoms with Crippen molar-refractivity contribution in [1.29, 1.82) is 0 Å². The minimum Gasteiger partial charge on any atom is -0.274 e. The van der Waals surface area contributed by atoms with E-state index in [0.717, 1.165) is 27.7 Å². The van der Waals surface area contributed by atoms with Gasteiger partial charge in [0.15, 0.2) is 5.16 Å². The van der Waals surface area contributed by atoms with Crippen LogP contribution < -0.4 is 0 Å². The topological polar surface area (TPSA) is 34.9 Å². The smallest absolute Gasteiger partial charge is 0.230 e. The van der Waals surface area contributed by atoms with Gasteiger partial charge in [-0.05, 0) is 28.8 Å². The SMILES string of the molecule is CC(=O)n1c(SC(c2ccccc2)(c2ccccc2)c2ccccc2)nc2ccccc21. The van der Waals surface area contributed by atoms with Gasteiger partial charge in [-0.25, -0.2) is 4.98 Å². The van der Waals surface area contributed by atoms with Crippen LogP contribution in [0.15, 0.2) is 120 Å². The van der Waals surface area contributed by atoms with Gasteiger partial charge in [0, 0.05) is 6.92 Å². The van der Waals surface area contributed by atoms with E-state index in [1.807, 2.05) is 42.5 Å². The van der Waals surface area contributed by atoms with E-state index in [-0.39, 0.29) is 5.91 Å². The molecule has 0 bridgehead atoms. The molecule has 0 aliphatic carbocycles. The van der Waals surface area contributed by atoms with Gasteiger partial charge in [0.2, 0.25) is 5.91 Å². The van der Waals surface area contributed by atoms with Crippen LogP contribution in [0.25, 0.3) is 11.0 Å². The van der Waals surface area contributed by atoms with E-state index in [9.17, 15) is 4.79 Å². The summed E-state index contributed by atoms with van der Waals surface area (Å²) in [6.07, 6.45) is 0. The molecular weight excluding hydrogens is 412 g/mol. The molecule has 0 fully saturated rings. The highest BCUT2D eigenvalue weighted by atomic mass is 32.2. The largest absolute Gasteiger partial charge is 0.274 e. The number of rotatable bonds is 5. The minimum atomic E-state index is -0.585. The van der Waals surface area contributed by atoms with Gasteiger partial charge in [-0.2, -0.15) is 0 Å². The number of carbonyl (C=O) groups excluding carboxylic acids is 1. The molecule has 0 atom stereocenters. The number of fused-ring (bicyclic) bond motifs is 1. The summed E-state index contributed by atoms with van der Waals surface area (Å²) in [5.74, 6) is -0.0516. The Labute approximate surface area is 191 Å². The van der Waals surface area contributed by atoms with Gasteiger partial charge >= 0.3 is 0 Å². The highest BCUT2D eigenvalue weighted by molar-refractivity contribution is 8.00. The molecule has 0 amide bonds. The molecule has 156 valence electrons. The van der Waals surface area contributed by atoms with Crippen molar-refractivity contribution in [3.05, 3.63) is 132 Å². The summed E-state index contributed by atoms with van der Waals surface area (Å²) in [5.41, 5.74) is 5.03. The van der Waals surface area contributed by atoms with Crippen molar-refractivity contribution in [3.8, 4) is 0 Å². The predicted octanol–water partition coefficient (Wildman–Crippen LogP) is 6.78. The Kier molecular flexibility index (Phi) is 5.38. The van der Waals surface area contributed by atoms with Gasteiger partial charge < -0.3 is 0 Å². The van der Waals surface area contributed by atoms with Gasteiger partial charge in [0.25, 0.3) is 0 Å². The second-order valence-corrected chi connectivity index (χ2v) is 8.80. The summed E-state index contributed by atoms with van der Waals surface area (Å²) < 4.78 is 1.14. The van der Waals surface area contributed by atoms with Crippen molar-refractivity contribution >= 4 is 28.7 Å². The Morgan fingerprint density at radius 2 is 1.12 bits per heavy atom. The first kappa shape index (κ1) is 20.3.